The van der Waals surface area contributed by atoms with Gasteiger partial charge in [-0.1, -0.05) is 0 Å². The molecule has 0 aliphatic rings. The quantitative estimate of drug-likeness (QED) is 0.571. The summed E-state index contributed by atoms with van der Waals surface area (Å²) in [5.74, 6) is 0. The van der Waals surface area contributed by atoms with Crippen LogP contribution in [0.3, 0.4) is 0 Å². The van der Waals surface area contributed by atoms with E-state index in [4.69, 9.17) is 9.47 Å². The summed E-state index contributed by atoms with van der Waals surface area (Å²) >= 11 is 4.43. The van der Waals surface area contributed by atoms with Crippen molar-refractivity contribution in [3.63, 3.8) is 0 Å². The van der Waals surface area contributed by atoms with E-state index in [0.29, 0.717) is 13.2 Å². The van der Waals surface area contributed by atoms with Gasteiger partial charge in [-0.3, -0.25) is 0 Å². The van der Waals surface area contributed by atoms with Gasteiger partial charge < -0.3 is 14.0 Å². The van der Waals surface area contributed by atoms with E-state index in [1.54, 1.807) is 12.5 Å². The Morgan fingerprint density at radius 1 is 1.47 bits per heavy atom. The number of ether oxygens (including phenoxy) is 2. The molecule has 0 saturated carbocycles. The minimum Gasteiger partial charge on any atom is -0.353 e. The molecule has 0 aliphatic carbocycles. The predicted molar refractivity (Wildman–Crippen MR) is 62.0 cm³/mol. The summed E-state index contributed by atoms with van der Waals surface area (Å²) in [6.45, 7) is 5.87. The summed E-state index contributed by atoms with van der Waals surface area (Å²) in [4.78, 5) is 3.96. The van der Waals surface area contributed by atoms with Crippen molar-refractivity contribution in [2.24, 2.45) is 0 Å². The third-order valence-electron chi connectivity index (χ3n) is 1.91. The molecule has 0 N–H and O–H groups in total. The van der Waals surface area contributed by atoms with E-state index < -0.39 is 0 Å². The van der Waals surface area contributed by atoms with Gasteiger partial charge >= 0.3 is 0 Å². The summed E-state index contributed by atoms with van der Waals surface area (Å²) in [6.07, 6.45) is 5.28. The first-order valence-electron chi connectivity index (χ1n) is 5.09. The maximum atomic E-state index is 5.46. The molecule has 0 radical (unpaired) electrons. The van der Waals surface area contributed by atoms with Crippen LogP contribution in [0.5, 0.6) is 0 Å². The van der Waals surface area contributed by atoms with Gasteiger partial charge in [-0.25, -0.2) is 4.98 Å². The third kappa shape index (κ3) is 5.20. The van der Waals surface area contributed by atoms with Crippen LogP contribution in [0.1, 0.15) is 13.8 Å². The van der Waals surface area contributed by atoms with Gasteiger partial charge in [0.25, 0.3) is 0 Å². The summed E-state index contributed by atoms with van der Waals surface area (Å²) < 4.78 is 12.7. The Labute approximate surface area is 96.0 Å². The van der Waals surface area contributed by atoms with Gasteiger partial charge in [-0.15, -0.1) is 0 Å². The van der Waals surface area contributed by atoms with Gasteiger partial charge in [0.05, 0.1) is 12.9 Å². The summed E-state index contributed by atoms with van der Waals surface area (Å²) in [5.41, 5.74) is 0. The van der Waals surface area contributed by atoms with Crippen LogP contribution in [0.15, 0.2) is 18.7 Å². The van der Waals surface area contributed by atoms with Crippen LogP contribution in [0.2, 0.25) is 0 Å². The Hall–Kier alpha value is -0.520. The summed E-state index contributed by atoms with van der Waals surface area (Å²) in [5, 5.41) is 0.155. The molecule has 0 bridgehead atoms. The minimum atomic E-state index is -0.160. The second-order valence-corrected chi connectivity index (χ2v) is 4.00. The van der Waals surface area contributed by atoms with Gasteiger partial charge in [0, 0.05) is 30.8 Å². The van der Waals surface area contributed by atoms with Crippen LogP contribution in [-0.2, 0) is 16.0 Å². The number of hydrogen-bond acceptors (Lipinski definition) is 4. The molecule has 0 spiro atoms. The van der Waals surface area contributed by atoms with Crippen LogP contribution in [-0.4, -0.2) is 34.3 Å². The van der Waals surface area contributed by atoms with E-state index in [0.717, 1.165) is 6.54 Å². The molecule has 0 saturated heterocycles. The zero-order valence-corrected chi connectivity index (χ0v) is 10.1. The molecule has 0 fully saturated rings. The number of rotatable bonds is 7. The molecular formula is C10H18N2O2S. The molecule has 0 aromatic carbocycles. The number of hydrogen-bond donors (Lipinski definition) is 1. The van der Waals surface area contributed by atoms with Crippen molar-refractivity contribution in [3.05, 3.63) is 18.7 Å². The van der Waals surface area contributed by atoms with Crippen LogP contribution >= 0.6 is 12.6 Å². The van der Waals surface area contributed by atoms with Gasteiger partial charge in [0.15, 0.2) is 6.29 Å². The number of nitrogens with zero attached hydrogens (tertiary/aromatic N) is 2. The second kappa shape index (κ2) is 6.87. The van der Waals surface area contributed by atoms with Crippen molar-refractivity contribution >= 4 is 12.6 Å². The van der Waals surface area contributed by atoms with Crippen LogP contribution in [0, 0.1) is 0 Å². The highest BCUT2D eigenvalue weighted by molar-refractivity contribution is 7.81. The van der Waals surface area contributed by atoms with E-state index in [1.165, 1.54) is 0 Å². The van der Waals surface area contributed by atoms with Gasteiger partial charge in [-0.2, -0.15) is 12.6 Å². The van der Waals surface area contributed by atoms with E-state index in [9.17, 15) is 0 Å². The lowest BCUT2D eigenvalue weighted by atomic mass is 10.4. The summed E-state index contributed by atoms with van der Waals surface area (Å²) in [7, 11) is 0. The number of aromatic nitrogens is 2. The molecule has 1 aromatic rings. The third-order valence-corrected chi connectivity index (χ3v) is 2.22. The largest absolute Gasteiger partial charge is 0.353 e. The monoisotopic (exact) mass is 230 g/mol. The Morgan fingerprint density at radius 3 is 2.87 bits per heavy atom. The Morgan fingerprint density at radius 2 is 2.27 bits per heavy atom. The first-order chi connectivity index (χ1) is 7.22. The minimum absolute atomic E-state index is 0.155. The van der Waals surface area contributed by atoms with Gasteiger partial charge in [-0.05, 0) is 13.8 Å². The van der Waals surface area contributed by atoms with E-state index in [-0.39, 0.29) is 11.5 Å². The fraction of sp³-hybridized carbons (Fsp3) is 0.700. The van der Waals surface area contributed by atoms with Crippen molar-refractivity contribution in [1.82, 2.24) is 9.55 Å². The maximum Gasteiger partial charge on any atom is 0.154 e. The topological polar surface area (TPSA) is 36.3 Å². The molecule has 1 aromatic heterocycles. The number of thiol groups is 1. The molecule has 1 heterocycles. The van der Waals surface area contributed by atoms with Gasteiger partial charge in [0.2, 0.25) is 0 Å². The highest BCUT2D eigenvalue weighted by Crippen LogP contribution is 2.03. The average molecular weight is 230 g/mol. The molecule has 86 valence electrons. The van der Waals surface area contributed by atoms with Crippen molar-refractivity contribution in [2.45, 2.75) is 31.9 Å². The zero-order chi connectivity index (χ0) is 11.1. The maximum absolute atomic E-state index is 5.46. The summed E-state index contributed by atoms with van der Waals surface area (Å²) in [6, 6.07) is 0. The van der Waals surface area contributed by atoms with Crippen LogP contribution in [0.25, 0.3) is 0 Å². The molecule has 4 nitrogen and oxygen atoms in total. The highest BCUT2D eigenvalue weighted by Gasteiger charge is 2.07. The molecule has 2 atom stereocenters. The van der Waals surface area contributed by atoms with Crippen LogP contribution < -0.4 is 0 Å². The van der Waals surface area contributed by atoms with Gasteiger partial charge in [0.1, 0.15) is 0 Å². The Kier molecular flexibility index (Phi) is 5.75. The lowest BCUT2D eigenvalue weighted by Crippen LogP contribution is -2.21. The predicted octanol–water partition coefficient (Wildman–Crippen LogP) is 1.58. The van der Waals surface area contributed by atoms with Crippen molar-refractivity contribution in [1.29, 1.82) is 0 Å². The van der Waals surface area contributed by atoms with E-state index >= 15 is 0 Å². The first-order valence-corrected chi connectivity index (χ1v) is 5.61. The molecule has 0 amide bonds. The second-order valence-electron chi connectivity index (χ2n) is 3.27. The average Bonchev–Trinajstić information content (AvgIpc) is 2.68. The fourth-order valence-corrected chi connectivity index (χ4v) is 1.49. The molecule has 5 heteroatoms. The highest BCUT2D eigenvalue weighted by atomic mass is 32.1. The van der Waals surface area contributed by atoms with Crippen LogP contribution in [0.4, 0.5) is 0 Å². The van der Waals surface area contributed by atoms with Crippen molar-refractivity contribution in [2.75, 3.05) is 13.2 Å². The number of imidazole rings is 1. The van der Waals surface area contributed by atoms with Crippen molar-refractivity contribution < 1.29 is 9.47 Å². The smallest absolute Gasteiger partial charge is 0.154 e. The molecular weight excluding hydrogens is 212 g/mol. The van der Waals surface area contributed by atoms with E-state index in [2.05, 4.69) is 17.6 Å². The lowest BCUT2D eigenvalue weighted by Gasteiger charge is -2.16. The van der Waals surface area contributed by atoms with E-state index in [1.807, 2.05) is 24.6 Å². The first kappa shape index (κ1) is 12.5. The lowest BCUT2D eigenvalue weighted by molar-refractivity contribution is -0.126. The fourth-order valence-electron chi connectivity index (χ4n) is 1.22. The molecule has 2 unspecified atom stereocenters. The zero-order valence-electron chi connectivity index (χ0n) is 9.17. The Balaban J connectivity index is 2.16. The standard InChI is InChI=1S/C10H18N2O2S/c1-3-13-9(2)14-7-10(15)6-12-5-4-11-8-12/h4-5,8-10,15H,3,6-7H2,1-2H3. The normalized spacial score (nSPS) is 15.1. The Bertz CT molecular complexity index is 254. The van der Waals surface area contributed by atoms with Crippen molar-refractivity contribution in [3.8, 4) is 0 Å². The molecule has 1 rings (SSSR count). The molecule has 15 heavy (non-hydrogen) atoms. The molecule has 0 aliphatic heterocycles. The SMILES string of the molecule is CCOC(C)OCC(S)Cn1ccnc1.